The Morgan fingerprint density at radius 2 is 2.23 bits per heavy atom. The number of esters is 1. The molecule has 0 saturated carbocycles. The van der Waals surface area contributed by atoms with Gasteiger partial charge < -0.3 is 20.1 Å². The number of carbonyl (C=O) groups is 1. The van der Waals surface area contributed by atoms with Crippen LogP contribution in [-0.2, 0) is 15.3 Å². The average molecular weight is 452 g/mol. The number of hydrogen-bond donors (Lipinski definition) is 2. The van der Waals surface area contributed by atoms with Crippen molar-refractivity contribution in [3.8, 4) is 0 Å². The quantitative estimate of drug-likeness (QED) is 0.407. The number of rotatable bonds is 5. The van der Waals surface area contributed by atoms with Crippen LogP contribution in [0, 0.1) is 0 Å². The number of anilines is 1. The number of aliphatic hydroxyl groups is 1. The highest BCUT2D eigenvalue weighted by atomic mass is 79.9. The van der Waals surface area contributed by atoms with Crippen LogP contribution < -0.4 is 5.32 Å². The fraction of sp³-hybridized carbons (Fsp3) is 0.429. The maximum absolute atomic E-state index is 12.5. The first-order valence-corrected chi connectivity index (χ1v) is 9.17. The highest BCUT2D eigenvalue weighted by Crippen LogP contribution is 2.38. The number of halogens is 2. The van der Waals surface area contributed by atoms with Crippen LogP contribution in [0.5, 0.6) is 0 Å². The van der Waals surface area contributed by atoms with Crippen molar-refractivity contribution in [2.45, 2.75) is 17.5 Å². The lowest BCUT2D eigenvalue weighted by Gasteiger charge is -2.44. The van der Waals surface area contributed by atoms with E-state index in [1.807, 2.05) is 0 Å². The molecule has 5 nitrogen and oxygen atoms in total. The minimum absolute atomic E-state index is 0.00142. The van der Waals surface area contributed by atoms with E-state index in [0.29, 0.717) is 23.1 Å². The van der Waals surface area contributed by atoms with Gasteiger partial charge >= 0.3 is 5.97 Å². The van der Waals surface area contributed by atoms with Gasteiger partial charge in [-0.25, -0.2) is 4.79 Å². The molecule has 22 heavy (non-hydrogen) atoms. The van der Waals surface area contributed by atoms with E-state index in [0.717, 1.165) is 0 Å². The maximum Gasteiger partial charge on any atom is 0.365 e. The van der Waals surface area contributed by atoms with Gasteiger partial charge in [0, 0.05) is 28.0 Å². The number of fused-ring (bicyclic) bond motifs is 1. The van der Waals surface area contributed by atoms with Crippen molar-refractivity contribution in [2.24, 2.45) is 0 Å². The second-order valence-electron chi connectivity index (χ2n) is 4.73. The van der Waals surface area contributed by atoms with Crippen molar-refractivity contribution >= 4 is 60.8 Å². The molecule has 1 aromatic rings. The summed E-state index contributed by atoms with van der Waals surface area (Å²) in [5.41, 5.74) is -0.913. The van der Waals surface area contributed by atoms with Crippen LogP contribution in [0.4, 0.5) is 5.69 Å². The predicted octanol–water partition coefficient (Wildman–Crippen LogP) is 2.57. The van der Waals surface area contributed by atoms with Crippen molar-refractivity contribution in [1.29, 1.82) is 0 Å². The van der Waals surface area contributed by atoms with E-state index in [4.69, 9.17) is 17.0 Å². The van der Waals surface area contributed by atoms with Gasteiger partial charge in [-0.1, -0.05) is 50.1 Å². The number of para-hydroxylation sites is 1. The first-order chi connectivity index (χ1) is 10.4. The summed E-state index contributed by atoms with van der Waals surface area (Å²) in [6.07, 6.45) is 0. The van der Waals surface area contributed by atoms with E-state index in [-0.39, 0.29) is 16.5 Å². The SMILES string of the molecule is CCOC(=O)[C@]1(O)c2ccccc2NC(=S)N1C[C@@H](Br)CBr. The number of carbonyl (C=O) groups excluding carboxylic acids is 1. The van der Waals surface area contributed by atoms with E-state index in [1.54, 1.807) is 31.2 Å². The summed E-state index contributed by atoms with van der Waals surface area (Å²) in [7, 11) is 0. The fourth-order valence-corrected chi connectivity index (χ4v) is 3.10. The lowest BCUT2D eigenvalue weighted by Crippen LogP contribution is -2.60. The van der Waals surface area contributed by atoms with E-state index in [9.17, 15) is 9.90 Å². The van der Waals surface area contributed by atoms with E-state index < -0.39 is 11.7 Å². The summed E-state index contributed by atoms with van der Waals surface area (Å²) in [5, 5.41) is 15.2. The third-order valence-electron chi connectivity index (χ3n) is 3.29. The Kier molecular flexibility index (Phi) is 5.81. The van der Waals surface area contributed by atoms with Crippen LogP contribution >= 0.6 is 44.1 Å². The maximum atomic E-state index is 12.5. The highest BCUT2D eigenvalue weighted by Gasteiger charge is 2.51. The molecule has 0 amide bonds. The average Bonchev–Trinajstić information content (AvgIpc) is 2.51. The smallest absolute Gasteiger partial charge is 0.365 e. The second kappa shape index (κ2) is 7.25. The molecule has 0 fully saturated rings. The number of alkyl halides is 2. The summed E-state index contributed by atoms with van der Waals surface area (Å²) < 4.78 is 5.09. The molecule has 120 valence electrons. The Morgan fingerprint density at radius 3 is 2.86 bits per heavy atom. The molecular weight excluding hydrogens is 436 g/mol. The number of thiocarbonyl (C=S) groups is 1. The molecule has 2 rings (SSSR count). The first kappa shape index (κ1) is 17.7. The number of benzene rings is 1. The Morgan fingerprint density at radius 1 is 1.55 bits per heavy atom. The summed E-state index contributed by atoms with van der Waals surface area (Å²) in [4.78, 5) is 13.9. The van der Waals surface area contributed by atoms with Crippen LogP contribution in [0.3, 0.4) is 0 Å². The molecule has 2 atom stereocenters. The van der Waals surface area contributed by atoms with Gasteiger partial charge in [0.05, 0.1) is 6.61 Å². The summed E-state index contributed by atoms with van der Waals surface area (Å²) in [6.45, 7) is 2.21. The Hall–Kier alpha value is -0.700. The number of hydrogen-bond acceptors (Lipinski definition) is 4. The third kappa shape index (κ3) is 3.15. The highest BCUT2D eigenvalue weighted by molar-refractivity contribution is 9.12. The van der Waals surface area contributed by atoms with Crippen molar-refractivity contribution < 1.29 is 14.6 Å². The normalized spacial score (nSPS) is 21.8. The van der Waals surface area contributed by atoms with Crippen molar-refractivity contribution in [1.82, 2.24) is 4.90 Å². The minimum Gasteiger partial charge on any atom is -0.462 e. The summed E-state index contributed by atoms with van der Waals surface area (Å²) in [6, 6.07) is 7.01. The van der Waals surface area contributed by atoms with Crippen molar-refractivity contribution in [2.75, 3.05) is 23.8 Å². The largest absolute Gasteiger partial charge is 0.462 e. The molecule has 0 radical (unpaired) electrons. The van der Waals surface area contributed by atoms with Gasteiger partial charge in [0.15, 0.2) is 5.11 Å². The summed E-state index contributed by atoms with van der Waals surface area (Å²) in [5.74, 6) is -0.736. The van der Waals surface area contributed by atoms with Crippen LogP contribution in [-0.4, -0.2) is 44.4 Å². The molecular formula is C14H16Br2N2O3S. The van der Waals surface area contributed by atoms with Crippen LogP contribution in [0.1, 0.15) is 12.5 Å². The van der Waals surface area contributed by atoms with Crippen LogP contribution in [0.15, 0.2) is 24.3 Å². The number of nitrogens with one attached hydrogen (secondary N) is 1. The molecule has 0 aromatic heterocycles. The molecule has 1 aliphatic rings. The number of nitrogens with zero attached hydrogens (tertiary/aromatic N) is 1. The Balaban J connectivity index is 2.52. The fourth-order valence-electron chi connectivity index (χ4n) is 2.28. The molecule has 0 spiro atoms. The van der Waals surface area contributed by atoms with Gasteiger partial charge in [-0.15, -0.1) is 0 Å². The van der Waals surface area contributed by atoms with E-state index >= 15 is 0 Å². The molecule has 1 heterocycles. The van der Waals surface area contributed by atoms with E-state index in [2.05, 4.69) is 37.2 Å². The van der Waals surface area contributed by atoms with Gasteiger partial charge in [0.2, 0.25) is 0 Å². The van der Waals surface area contributed by atoms with E-state index in [1.165, 1.54) is 4.90 Å². The zero-order chi connectivity index (χ0) is 16.3. The molecule has 0 aliphatic carbocycles. The zero-order valence-corrected chi connectivity index (χ0v) is 15.9. The van der Waals surface area contributed by atoms with Gasteiger partial charge in [0.25, 0.3) is 5.72 Å². The van der Waals surface area contributed by atoms with Gasteiger partial charge in [-0.3, -0.25) is 0 Å². The molecule has 0 unspecified atom stereocenters. The molecule has 1 aliphatic heterocycles. The summed E-state index contributed by atoms with van der Waals surface area (Å²) >= 11 is 12.2. The Bertz CT molecular complexity index is 587. The second-order valence-corrected chi connectivity index (χ2v) is 7.06. The molecule has 2 N–H and O–H groups in total. The standard InChI is InChI=1S/C14H16Br2N2O3S/c1-2-21-12(19)14(20)10-5-3-4-6-11(10)17-13(22)18(14)8-9(16)7-15/h3-6,9,20H,2,7-8H2,1H3,(H,17,22)/t9-,14+/m0/s1. The number of ether oxygens (including phenoxy) is 1. The van der Waals surface area contributed by atoms with Gasteiger partial charge in [-0.05, 0) is 25.2 Å². The monoisotopic (exact) mass is 450 g/mol. The van der Waals surface area contributed by atoms with Gasteiger partial charge in [-0.2, -0.15) is 0 Å². The molecule has 8 heteroatoms. The molecule has 0 saturated heterocycles. The van der Waals surface area contributed by atoms with Crippen molar-refractivity contribution in [3.63, 3.8) is 0 Å². The van der Waals surface area contributed by atoms with Crippen LogP contribution in [0.25, 0.3) is 0 Å². The molecule has 1 aromatic carbocycles. The predicted molar refractivity (Wildman–Crippen MR) is 96.4 cm³/mol. The Labute approximate surface area is 151 Å². The topological polar surface area (TPSA) is 61.8 Å². The van der Waals surface area contributed by atoms with Crippen LogP contribution in [0.2, 0.25) is 0 Å². The van der Waals surface area contributed by atoms with Crippen molar-refractivity contribution in [3.05, 3.63) is 29.8 Å². The molecule has 0 bridgehead atoms. The first-order valence-electron chi connectivity index (χ1n) is 6.72. The minimum atomic E-state index is -1.94. The third-order valence-corrected chi connectivity index (χ3v) is 5.87. The van der Waals surface area contributed by atoms with Gasteiger partial charge in [0.1, 0.15) is 0 Å². The zero-order valence-electron chi connectivity index (χ0n) is 11.9. The lowest BCUT2D eigenvalue weighted by atomic mass is 9.96. The lowest BCUT2D eigenvalue weighted by molar-refractivity contribution is -0.183.